The maximum absolute atomic E-state index is 5.06. The Labute approximate surface area is 128 Å². The van der Waals surface area contributed by atoms with Crippen molar-refractivity contribution in [2.75, 3.05) is 38.3 Å². The van der Waals surface area contributed by atoms with Gasteiger partial charge in [0.1, 0.15) is 12.1 Å². The summed E-state index contributed by atoms with van der Waals surface area (Å²) < 4.78 is 6.19. The number of piperidine rings is 1. The van der Waals surface area contributed by atoms with Gasteiger partial charge in [0, 0.05) is 39.0 Å². The lowest BCUT2D eigenvalue weighted by Crippen LogP contribution is -2.46. The molecule has 1 aromatic heterocycles. The van der Waals surface area contributed by atoms with E-state index in [0.29, 0.717) is 6.04 Å². The Bertz CT molecular complexity index is 391. The molecule has 1 aliphatic rings. The second-order valence-electron chi connectivity index (χ2n) is 4.73. The van der Waals surface area contributed by atoms with Gasteiger partial charge in [-0.15, -0.1) is 0 Å². The Morgan fingerprint density at radius 3 is 3.21 bits per heavy atom. The van der Waals surface area contributed by atoms with Crippen LogP contribution >= 0.6 is 22.6 Å². The van der Waals surface area contributed by atoms with E-state index in [1.165, 1.54) is 19.3 Å². The van der Waals surface area contributed by atoms with Gasteiger partial charge in [0.25, 0.3) is 0 Å². The van der Waals surface area contributed by atoms with Gasteiger partial charge in [-0.1, -0.05) is 0 Å². The van der Waals surface area contributed by atoms with Gasteiger partial charge in [-0.05, 0) is 41.9 Å². The lowest BCUT2D eigenvalue weighted by molar-refractivity contribution is 0.198. The first-order chi connectivity index (χ1) is 9.33. The van der Waals surface area contributed by atoms with Crippen LogP contribution in [0.25, 0.3) is 0 Å². The molecule has 1 saturated heterocycles. The van der Waals surface area contributed by atoms with Gasteiger partial charge < -0.3 is 15.0 Å². The van der Waals surface area contributed by atoms with Gasteiger partial charge in [0.2, 0.25) is 0 Å². The first kappa shape index (κ1) is 14.9. The molecule has 1 atom stereocenters. The molecule has 19 heavy (non-hydrogen) atoms. The minimum Gasteiger partial charge on any atom is -0.383 e. The van der Waals surface area contributed by atoms with E-state index in [4.69, 9.17) is 4.74 Å². The van der Waals surface area contributed by atoms with Crippen molar-refractivity contribution in [1.82, 2.24) is 15.3 Å². The third kappa shape index (κ3) is 4.25. The molecule has 2 rings (SSSR count). The Hall–Kier alpha value is -0.470. The molecule has 0 aliphatic carbocycles. The van der Waals surface area contributed by atoms with E-state index in [2.05, 4.69) is 42.8 Å². The summed E-state index contributed by atoms with van der Waals surface area (Å²) in [5.41, 5.74) is 0. The fourth-order valence-electron chi connectivity index (χ4n) is 2.45. The third-order valence-corrected chi connectivity index (χ3v) is 4.17. The number of aromatic nitrogens is 2. The standard InChI is InChI=1S/C13H21IN4O/c1-19-7-5-15-8-11-4-2-3-6-18(11)13-12(14)9-16-10-17-13/h9-11,15H,2-8H2,1H3. The molecule has 1 aromatic rings. The molecular weight excluding hydrogens is 355 g/mol. The van der Waals surface area contributed by atoms with E-state index in [1.807, 2.05) is 6.20 Å². The molecule has 0 spiro atoms. The highest BCUT2D eigenvalue weighted by molar-refractivity contribution is 14.1. The Kier molecular flexibility index (Phi) is 6.25. The highest BCUT2D eigenvalue weighted by Crippen LogP contribution is 2.26. The van der Waals surface area contributed by atoms with Crippen LogP contribution in [0.1, 0.15) is 19.3 Å². The summed E-state index contributed by atoms with van der Waals surface area (Å²) in [5, 5.41) is 3.46. The maximum Gasteiger partial charge on any atom is 0.145 e. The van der Waals surface area contributed by atoms with Crippen LogP contribution in [-0.2, 0) is 4.74 Å². The zero-order valence-electron chi connectivity index (χ0n) is 11.3. The number of rotatable bonds is 6. The molecule has 5 nitrogen and oxygen atoms in total. The molecule has 0 aromatic carbocycles. The van der Waals surface area contributed by atoms with Gasteiger partial charge >= 0.3 is 0 Å². The van der Waals surface area contributed by atoms with Gasteiger partial charge in [-0.2, -0.15) is 0 Å². The van der Waals surface area contributed by atoms with Crippen LogP contribution in [0, 0.1) is 3.57 Å². The molecule has 1 unspecified atom stereocenters. The van der Waals surface area contributed by atoms with Crippen LogP contribution in [0.5, 0.6) is 0 Å². The van der Waals surface area contributed by atoms with Crippen molar-refractivity contribution in [1.29, 1.82) is 0 Å². The Morgan fingerprint density at radius 1 is 1.53 bits per heavy atom. The average molecular weight is 376 g/mol. The third-order valence-electron chi connectivity index (χ3n) is 3.41. The van der Waals surface area contributed by atoms with E-state index < -0.39 is 0 Å². The predicted octanol–water partition coefficient (Wildman–Crippen LogP) is 1.68. The van der Waals surface area contributed by atoms with E-state index in [9.17, 15) is 0 Å². The van der Waals surface area contributed by atoms with E-state index in [-0.39, 0.29) is 0 Å². The molecule has 2 heterocycles. The highest BCUT2D eigenvalue weighted by atomic mass is 127. The first-order valence-corrected chi connectivity index (χ1v) is 7.82. The lowest BCUT2D eigenvalue weighted by Gasteiger charge is -2.37. The highest BCUT2D eigenvalue weighted by Gasteiger charge is 2.24. The molecule has 0 saturated carbocycles. The fourth-order valence-corrected chi connectivity index (χ4v) is 3.06. The molecule has 1 N–H and O–H groups in total. The molecular formula is C13H21IN4O. The quantitative estimate of drug-likeness (QED) is 0.605. The summed E-state index contributed by atoms with van der Waals surface area (Å²) in [7, 11) is 1.73. The van der Waals surface area contributed by atoms with Crippen LogP contribution in [0.15, 0.2) is 12.5 Å². The van der Waals surface area contributed by atoms with Gasteiger partial charge in [0.05, 0.1) is 10.2 Å². The molecule has 6 heteroatoms. The average Bonchev–Trinajstić information content (AvgIpc) is 2.45. The molecule has 1 aliphatic heterocycles. The van der Waals surface area contributed by atoms with Crippen LogP contribution in [-0.4, -0.2) is 49.4 Å². The molecule has 1 fully saturated rings. The second kappa shape index (κ2) is 7.96. The van der Waals surface area contributed by atoms with Crippen LogP contribution in [0.3, 0.4) is 0 Å². The minimum absolute atomic E-state index is 0.522. The Morgan fingerprint density at radius 2 is 2.42 bits per heavy atom. The maximum atomic E-state index is 5.06. The number of ether oxygens (including phenoxy) is 1. The zero-order valence-corrected chi connectivity index (χ0v) is 13.5. The first-order valence-electron chi connectivity index (χ1n) is 6.74. The van der Waals surface area contributed by atoms with Crippen molar-refractivity contribution in [3.05, 3.63) is 16.1 Å². The summed E-state index contributed by atoms with van der Waals surface area (Å²) in [5.74, 6) is 1.08. The number of hydrogen-bond acceptors (Lipinski definition) is 5. The van der Waals surface area contributed by atoms with Crippen molar-refractivity contribution in [2.24, 2.45) is 0 Å². The molecule has 0 bridgehead atoms. The summed E-state index contributed by atoms with van der Waals surface area (Å²) in [6, 6.07) is 0.522. The predicted molar refractivity (Wildman–Crippen MR) is 84.5 cm³/mol. The second-order valence-corrected chi connectivity index (χ2v) is 5.90. The SMILES string of the molecule is COCCNCC1CCCCN1c1ncncc1I. The van der Waals surface area contributed by atoms with Crippen molar-refractivity contribution in [3.63, 3.8) is 0 Å². The number of methoxy groups -OCH3 is 1. The van der Waals surface area contributed by atoms with Gasteiger partial charge in [0.15, 0.2) is 0 Å². The van der Waals surface area contributed by atoms with E-state index in [0.717, 1.165) is 35.6 Å². The molecule has 0 amide bonds. The Balaban J connectivity index is 1.98. The fraction of sp³-hybridized carbons (Fsp3) is 0.692. The van der Waals surface area contributed by atoms with Crippen molar-refractivity contribution >= 4 is 28.4 Å². The molecule has 106 valence electrons. The normalized spacial score (nSPS) is 19.7. The molecule has 0 radical (unpaired) electrons. The number of nitrogens with zero attached hydrogens (tertiary/aromatic N) is 3. The monoisotopic (exact) mass is 376 g/mol. The van der Waals surface area contributed by atoms with Crippen LogP contribution in [0.2, 0.25) is 0 Å². The van der Waals surface area contributed by atoms with Crippen molar-refractivity contribution in [2.45, 2.75) is 25.3 Å². The van der Waals surface area contributed by atoms with Crippen molar-refractivity contribution in [3.8, 4) is 0 Å². The van der Waals surface area contributed by atoms with Crippen molar-refractivity contribution < 1.29 is 4.74 Å². The van der Waals surface area contributed by atoms with E-state index >= 15 is 0 Å². The minimum atomic E-state index is 0.522. The zero-order chi connectivity index (χ0) is 13.5. The summed E-state index contributed by atoms with van der Waals surface area (Å²) >= 11 is 2.32. The number of anilines is 1. The summed E-state index contributed by atoms with van der Waals surface area (Å²) in [6.45, 7) is 3.74. The number of hydrogen-bond donors (Lipinski definition) is 1. The number of halogens is 1. The smallest absolute Gasteiger partial charge is 0.145 e. The summed E-state index contributed by atoms with van der Waals surface area (Å²) in [6.07, 6.45) is 7.29. The largest absolute Gasteiger partial charge is 0.383 e. The van der Waals surface area contributed by atoms with Crippen LogP contribution < -0.4 is 10.2 Å². The topological polar surface area (TPSA) is 50.3 Å². The van der Waals surface area contributed by atoms with Gasteiger partial charge in [-0.25, -0.2) is 9.97 Å². The lowest BCUT2D eigenvalue weighted by atomic mass is 10.0. The van der Waals surface area contributed by atoms with Gasteiger partial charge in [-0.3, -0.25) is 0 Å². The summed E-state index contributed by atoms with van der Waals surface area (Å²) in [4.78, 5) is 10.9. The van der Waals surface area contributed by atoms with Crippen LogP contribution in [0.4, 0.5) is 5.82 Å². The number of nitrogens with one attached hydrogen (secondary N) is 1. The van der Waals surface area contributed by atoms with E-state index in [1.54, 1.807) is 13.4 Å².